The summed E-state index contributed by atoms with van der Waals surface area (Å²) >= 11 is 0. The van der Waals surface area contributed by atoms with E-state index < -0.39 is 0 Å². The van der Waals surface area contributed by atoms with Gasteiger partial charge in [0.25, 0.3) is 0 Å². The predicted molar refractivity (Wildman–Crippen MR) is 65.3 cm³/mol. The number of phenols is 1. The maximum absolute atomic E-state index is 9.52. The third kappa shape index (κ3) is 2.54. The van der Waals surface area contributed by atoms with E-state index >= 15 is 0 Å². The third-order valence-corrected chi connectivity index (χ3v) is 3.28. The van der Waals surface area contributed by atoms with Crippen molar-refractivity contribution in [1.82, 2.24) is 4.90 Å². The zero-order valence-corrected chi connectivity index (χ0v) is 9.60. The van der Waals surface area contributed by atoms with E-state index in [1.54, 1.807) is 6.07 Å². The first-order valence-electron chi connectivity index (χ1n) is 6.04. The minimum absolute atomic E-state index is 0.346. The van der Waals surface area contributed by atoms with Crippen LogP contribution in [0.2, 0.25) is 0 Å². The second-order valence-electron chi connectivity index (χ2n) is 4.43. The first-order valence-corrected chi connectivity index (χ1v) is 6.04. The second-order valence-corrected chi connectivity index (χ2v) is 4.43. The molecule has 1 atom stereocenters. The summed E-state index contributed by atoms with van der Waals surface area (Å²) in [6.45, 7) is 3.00. The number of hydrogen-bond donors (Lipinski definition) is 2. The molecule has 0 radical (unpaired) electrons. The SMILES string of the molecule is NCCC(c1cccc(O)c1)N1CCCC1. The van der Waals surface area contributed by atoms with Crippen LogP contribution in [0.4, 0.5) is 0 Å². The Morgan fingerprint density at radius 1 is 1.31 bits per heavy atom. The van der Waals surface area contributed by atoms with Crippen molar-refractivity contribution >= 4 is 0 Å². The van der Waals surface area contributed by atoms with Crippen molar-refractivity contribution in [3.8, 4) is 5.75 Å². The van der Waals surface area contributed by atoms with Gasteiger partial charge in [0, 0.05) is 6.04 Å². The predicted octanol–water partition coefficient (Wildman–Crippen LogP) is 1.88. The van der Waals surface area contributed by atoms with Gasteiger partial charge in [0.1, 0.15) is 5.75 Å². The molecule has 3 N–H and O–H groups in total. The molecule has 0 spiro atoms. The topological polar surface area (TPSA) is 49.5 Å². The maximum Gasteiger partial charge on any atom is 0.115 e. The van der Waals surface area contributed by atoms with Gasteiger partial charge in [-0.3, -0.25) is 4.90 Å². The summed E-state index contributed by atoms with van der Waals surface area (Å²) < 4.78 is 0. The number of nitrogens with zero attached hydrogens (tertiary/aromatic N) is 1. The fourth-order valence-electron chi connectivity index (χ4n) is 2.50. The molecule has 1 aliphatic rings. The number of hydrogen-bond acceptors (Lipinski definition) is 3. The van der Waals surface area contributed by atoms with Crippen molar-refractivity contribution in [3.63, 3.8) is 0 Å². The lowest BCUT2D eigenvalue weighted by Gasteiger charge is -2.27. The van der Waals surface area contributed by atoms with E-state index in [9.17, 15) is 5.11 Å². The highest BCUT2D eigenvalue weighted by atomic mass is 16.3. The molecular formula is C13H20N2O. The molecule has 16 heavy (non-hydrogen) atoms. The van der Waals surface area contributed by atoms with Crippen LogP contribution in [0.15, 0.2) is 24.3 Å². The lowest BCUT2D eigenvalue weighted by molar-refractivity contribution is 0.235. The summed E-state index contributed by atoms with van der Waals surface area (Å²) in [4.78, 5) is 2.47. The van der Waals surface area contributed by atoms with Crippen LogP contribution >= 0.6 is 0 Å². The maximum atomic E-state index is 9.52. The van der Waals surface area contributed by atoms with Crippen LogP contribution in [-0.2, 0) is 0 Å². The molecule has 1 aromatic rings. The van der Waals surface area contributed by atoms with Crippen LogP contribution < -0.4 is 5.73 Å². The molecule has 0 aromatic heterocycles. The van der Waals surface area contributed by atoms with Crippen molar-refractivity contribution in [3.05, 3.63) is 29.8 Å². The van der Waals surface area contributed by atoms with Crippen LogP contribution in [0.25, 0.3) is 0 Å². The van der Waals surface area contributed by atoms with Gasteiger partial charge in [-0.05, 0) is 56.6 Å². The molecule has 88 valence electrons. The fraction of sp³-hybridized carbons (Fsp3) is 0.538. The van der Waals surface area contributed by atoms with Crippen molar-refractivity contribution in [2.24, 2.45) is 5.73 Å². The monoisotopic (exact) mass is 220 g/mol. The van der Waals surface area contributed by atoms with Crippen LogP contribution in [0, 0.1) is 0 Å². The van der Waals surface area contributed by atoms with Gasteiger partial charge in [-0.2, -0.15) is 0 Å². The number of benzene rings is 1. The molecule has 0 aliphatic carbocycles. The van der Waals surface area contributed by atoms with E-state index in [-0.39, 0.29) is 0 Å². The summed E-state index contributed by atoms with van der Waals surface area (Å²) in [7, 11) is 0. The second kappa shape index (κ2) is 5.32. The molecule has 1 unspecified atom stereocenters. The van der Waals surface area contributed by atoms with Gasteiger partial charge in [0.05, 0.1) is 0 Å². The molecular weight excluding hydrogens is 200 g/mol. The van der Waals surface area contributed by atoms with E-state index in [1.165, 1.54) is 18.4 Å². The average molecular weight is 220 g/mol. The van der Waals surface area contributed by atoms with Crippen molar-refractivity contribution in [2.75, 3.05) is 19.6 Å². The normalized spacial score (nSPS) is 18.8. The van der Waals surface area contributed by atoms with Gasteiger partial charge < -0.3 is 10.8 Å². The minimum Gasteiger partial charge on any atom is -0.508 e. The summed E-state index contributed by atoms with van der Waals surface area (Å²) in [6.07, 6.45) is 3.52. The van der Waals surface area contributed by atoms with Crippen LogP contribution in [0.1, 0.15) is 30.9 Å². The van der Waals surface area contributed by atoms with E-state index in [1.807, 2.05) is 12.1 Å². The van der Waals surface area contributed by atoms with Gasteiger partial charge in [0.2, 0.25) is 0 Å². The molecule has 0 bridgehead atoms. The lowest BCUT2D eigenvalue weighted by atomic mass is 10.0. The van der Waals surface area contributed by atoms with Crippen molar-refractivity contribution in [1.29, 1.82) is 0 Å². The van der Waals surface area contributed by atoms with Crippen LogP contribution in [0.5, 0.6) is 5.75 Å². The van der Waals surface area contributed by atoms with E-state index in [0.717, 1.165) is 19.5 Å². The number of rotatable bonds is 4. The van der Waals surface area contributed by atoms with E-state index in [0.29, 0.717) is 18.3 Å². The number of nitrogens with two attached hydrogens (primary N) is 1. The summed E-state index contributed by atoms with van der Waals surface area (Å²) in [5, 5.41) is 9.52. The number of aromatic hydroxyl groups is 1. The lowest BCUT2D eigenvalue weighted by Crippen LogP contribution is -2.27. The highest BCUT2D eigenvalue weighted by molar-refractivity contribution is 5.29. The molecule has 1 saturated heterocycles. The molecule has 1 heterocycles. The molecule has 1 aromatic carbocycles. The Balaban J connectivity index is 2.17. The molecule has 0 amide bonds. The Hall–Kier alpha value is -1.06. The van der Waals surface area contributed by atoms with Gasteiger partial charge in [-0.15, -0.1) is 0 Å². The average Bonchev–Trinajstić information content (AvgIpc) is 2.79. The Morgan fingerprint density at radius 2 is 2.06 bits per heavy atom. The smallest absolute Gasteiger partial charge is 0.115 e. The largest absolute Gasteiger partial charge is 0.508 e. The summed E-state index contributed by atoms with van der Waals surface area (Å²) in [6, 6.07) is 7.94. The zero-order chi connectivity index (χ0) is 11.4. The highest BCUT2D eigenvalue weighted by Gasteiger charge is 2.22. The molecule has 1 fully saturated rings. The van der Waals surface area contributed by atoms with Gasteiger partial charge in [0.15, 0.2) is 0 Å². The number of likely N-dealkylation sites (tertiary alicyclic amines) is 1. The summed E-state index contributed by atoms with van der Waals surface area (Å²) in [5.74, 6) is 0.346. The Kier molecular flexibility index (Phi) is 3.80. The molecule has 3 nitrogen and oxygen atoms in total. The highest BCUT2D eigenvalue weighted by Crippen LogP contribution is 2.29. The quantitative estimate of drug-likeness (QED) is 0.814. The van der Waals surface area contributed by atoms with Gasteiger partial charge >= 0.3 is 0 Å². The zero-order valence-electron chi connectivity index (χ0n) is 9.60. The van der Waals surface area contributed by atoms with Crippen molar-refractivity contribution in [2.45, 2.75) is 25.3 Å². The van der Waals surface area contributed by atoms with E-state index in [2.05, 4.69) is 11.0 Å². The summed E-state index contributed by atoms with van der Waals surface area (Å²) in [5.41, 5.74) is 6.87. The Bertz CT molecular complexity index is 334. The molecule has 2 rings (SSSR count). The number of phenolic OH excluding ortho intramolecular Hbond substituents is 1. The minimum atomic E-state index is 0.346. The van der Waals surface area contributed by atoms with Crippen molar-refractivity contribution < 1.29 is 5.11 Å². The van der Waals surface area contributed by atoms with Gasteiger partial charge in [-0.25, -0.2) is 0 Å². The molecule has 0 saturated carbocycles. The van der Waals surface area contributed by atoms with Crippen LogP contribution in [-0.4, -0.2) is 29.6 Å². The Labute approximate surface area is 96.9 Å². The first kappa shape index (κ1) is 11.4. The standard InChI is InChI=1S/C13H20N2O/c14-7-6-13(15-8-1-2-9-15)11-4-3-5-12(16)10-11/h3-5,10,13,16H,1-2,6-9,14H2. The molecule has 3 heteroatoms. The Morgan fingerprint density at radius 3 is 2.69 bits per heavy atom. The fourth-order valence-corrected chi connectivity index (χ4v) is 2.50. The van der Waals surface area contributed by atoms with Gasteiger partial charge in [-0.1, -0.05) is 12.1 Å². The van der Waals surface area contributed by atoms with E-state index in [4.69, 9.17) is 5.73 Å². The third-order valence-electron chi connectivity index (χ3n) is 3.28. The molecule has 1 aliphatic heterocycles. The van der Waals surface area contributed by atoms with Crippen LogP contribution in [0.3, 0.4) is 0 Å². The first-order chi connectivity index (χ1) is 7.81.